The van der Waals surface area contributed by atoms with Crippen molar-refractivity contribution in [3.63, 3.8) is 0 Å². The third kappa shape index (κ3) is 3.71. The Morgan fingerprint density at radius 3 is 2.70 bits per heavy atom. The Morgan fingerprint density at radius 1 is 1.22 bits per heavy atom. The highest BCUT2D eigenvalue weighted by Gasteiger charge is 2.18. The molecule has 2 aromatic rings. The van der Waals surface area contributed by atoms with Gasteiger partial charge in [-0.15, -0.1) is 0 Å². The molecular formula is C17H20N2O4. The fourth-order valence-electron chi connectivity index (χ4n) is 2.77. The van der Waals surface area contributed by atoms with Gasteiger partial charge in [0.2, 0.25) is 5.91 Å². The monoisotopic (exact) mass is 316 g/mol. The molecule has 6 nitrogen and oxygen atoms in total. The second-order valence-corrected chi connectivity index (χ2v) is 5.62. The Labute approximate surface area is 134 Å². The zero-order valence-corrected chi connectivity index (χ0v) is 13.2. The molecule has 1 aromatic carbocycles. The van der Waals surface area contributed by atoms with Crippen molar-refractivity contribution < 1.29 is 13.9 Å². The molecule has 1 fully saturated rings. The molecule has 0 radical (unpaired) electrons. The lowest BCUT2D eigenvalue weighted by Gasteiger charge is -2.34. The number of fused-ring (bicyclic) bond motifs is 1. The van der Waals surface area contributed by atoms with Crippen molar-refractivity contribution in [2.24, 2.45) is 0 Å². The molecule has 0 atom stereocenters. The minimum atomic E-state index is -0.409. The van der Waals surface area contributed by atoms with Crippen LogP contribution in [-0.4, -0.2) is 55.0 Å². The lowest BCUT2D eigenvalue weighted by atomic mass is 10.2. The van der Waals surface area contributed by atoms with Crippen LogP contribution in [0.2, 0.25) is 0 Å². The molecule has 0 saturated carbocycles. The topological polar surface area (TPSA) is 63.0 Å². The van der Waals surface area contributed by atoms with Gasteiger partial charge in [0.25, 0.3) is 0 Å². The first-order valence-electron chi connectivity index (χ1n) is 7.77. The summed E-state index contributed by atoms with van der Waals surface area (Å²) in [5, 5.41) is 0.800. The summed E-state index contributed by atoms with van der Waals surface area (Å²) in [5.74, 6) is 0.683. The number of carbonyl (C=O) groups excluding carboxylic acids is 1. The number of hydrogen-bond acceptors (Lipinski definition) is 5. The van der Waals surface area contributed by atoms with Crippen molar-refractivity contribution in [2.45, 2.75) is 6.92 Å². The van der Waals surface area contributed by atoms with Crippen LogP contribution >= 0.6 is 0 Å². The summed E-state index contributed by atoms with van der Waals surface area (Å²) in [6.45, 7) is 6.07. The van der Waals surface area contributed by atoms with Crippen LogP contribution in [0.1, 0.15) is 6.92 Å². The number of ether oxygens (including phenoxy) is 1. The first-order chi connectivity index (χ1) is 11.1. The van der Waals surface area contributed by atoms with Gasteiger partial charge in [0.1, 0.15) is 17.9 Å². The maximum absolute atomic E-state index is 11.6. The number of nitrogens with zero attached hydrogens (tertiary/aromatic N) is 2. The maximum Gasteiger partial charge on any atom is 0.339 e. The Hall–Kier alpha value is -2.34. The van der Waals surface area contributed by atoms with Crippen LogP contribution in [-0.2, 0) is 4.79 Å². The highest BCUT2D eigenvalue weighted by molar-refractivity contribution is 5.82. The summed E-state index contributed by atoms with van der Waals surface area (Å²) in [6.07, 6.45) is 0. The van der Waals surface area contributed by atoms with Crippen LogP contribution < -0.4 is 10.4 Å². The van der Waals surface area contributed by atoms with E-state index in [1.54, 1.807) is 13.0 Å². The van der Waals surface area contributed by atoms with E-state index in [1.807, 2.05) is 23.1 Å². The summed E-state index contributed by atoms with van der Waals surface area (Å²) in [6, 6.07) is 8.72. The Bertz CT molecular complexity index is 748. The molecular weight excluding hydrogens is 296 g/mol. The predicted octanol–water partition coefficient (Wildman–Crippen LogP) is 1.34. The first kappa shape index (κ1) is 15.6. The molecule has 0 N–H and O–H groups in total. The summed E-state index contributed by atoms with van der Waals surface area (Å²) in [4.78, 5) is 27.0. The molecule has 1 amide bonds. The molecule has 0 spiro atoms. The van der Waals surface area contributed by atoms with E-state index in [9.17, 15) is 9.59 Å². The Balaban J connectivity index is 1.58. The van der Waals surface area contributed by atoms with Gasteiger partial charge in [-0.05, 0) is 12.1 Å². The minimum Gasteiger partial charge on any atom is -0.491 e. The molecule has 23 heavy (non-hydrogen) atoms. The van der Waals surface area contributed by atoms with Gasteiger partial charge in [0.15, 0.2) is 0 Å². The maximum atomic E-state index is 11.6. The molecule has 6 heteroatoms. The summed E-state index contributed by atoms with van der Waals surface area (Å²) < 4.78 is 10.9. The Kier molecular flexibility index (Phi) is 4.62. The summed E-state index contributed by atoms with van der Waals surface area (Å²) in [5.41, 5.74) is 0.124. The van der Waals surface area contributed by atoms with Crippen molar-refractivity contribution in [1.29, 1.82) is 0 Å². The van der Waals surface area contributed by atoms with E-state index in [4.69, 9.17) is 9.15 Å². The largest absolute Gasteiger partial charge is 0.491 e. The van der Waals surface area contributed by atoms with Gasteiger partial charge in [0, 0.05) is 39.6 Å². The number of amides is 1. The van der Waals surface area contributed by atoms with Crippen LogP contribution in [0.3, 0.4) is 0 Å². The zero-order valence-electron chi connectivity index (χ0n) is 13.2. The van der Waals surface area contributed by atoms with Crippen molar-refractivity contribution in [3.8, 4) is 5.75 Å². The molecule has 1 aliphatic rings. The quantitative estimate of drug-likeness (QED) is 0.797. The van der Waals surface area contributed by atoms with Crippen LogP contribution in [0.15, 0.2) is 39.5 Å². The fraction of sp³-hybridized carbons (Fsp3) is 0.412. The van der Waals surface area contributed by atoms with Crippen LogP contribution in [0.4, 0.5) is 0 Å². The van der Waals surface area contributed by atoms with Crippen molar-refractivity contribution in [3.05, 3.63) is 40.8 Å². The highest BCUT2D eigenvalue weighted by Crippen LogP contribution is 2.23. The molecule has 1 aliphatic heterocycles. The van der Waals surface area contributed by atoms with E-state index in [2.05, 4.69) is 4.90 Å². The summed E-state index contributed by atoms with van der Waals surface area (Å²) >= 11 is 0. The van der Waals surface area contributed by atoms with Crippen molar-refractivity contribution in [2.75, 3.05) is 39.3 Å². The molecule has 0 aliphatic carbocycles. The molecule has 122 valence electrons. The predicted molar refractivity (Wildman–Crippen MR) is 86.7 cm³/mol. The van der Waals surface area contributed by atoms with E-state index in [0.717, 1.165) is 38.1 Å². The van der Waals surface area contributed by atoms with Gasteiger partial charge in [-0.2, -0.15) is 0 Å². The number of piperazine rings is 1. The number of carbonyl (C=O) groups is 1. The normalized spacial score (nSPS) is 15.8. The van der Waals surface area contributed by atoms with Gasteiger partial charge < -0.3 is 14.1 Å². The second-order valence-electron chi connectivity index (χ2n) is 5.62. The highest BCUT2D eigenvalue weighted by atomic mass is 16.5. The molecule has 0 unspecified atom stereocenters. The molecule has 1 aromatic heterocycles. The van der Waals surface area contributed by atoms with E-state index in [0.29, 0.717) is 17.9 Å². The van der Waals surface area contributed by atoms with Gasteiger partial charge in [0.05, 0.1) is 11.5 Å². The number of hydrogen-bond donors (Lipinski definition) is 0. The molecule has 2 heterocycles. The number of rotatable bonds is 4. The molecule has 3 rings (SSSR count). The van der Waals surface area contributed by atoms with Gasteiger partial charge in [-0.3, -0.25) is 9.69 Å². The number of benzene rings is 1. The zero-order chi connectivity index (χ0) is 16.2. The molecule has 1 saturated heterocycles. The van der Waals surface area contributed by atoms with Gasteiger partial charge in [-0.1, -0.05) is 12.1 Å². The van der Waals surface area contributed by atoms with Gasteiger partial charge in [-0.25, -0.2) is 4.79 Å². The van der Waals surface area contributed by atoms with E-state index in [-0.39, 0.29) is 5.91 Å². The third-order valence-corrected chi connectivity index (χ3v) is 4.09. The van der Waals surface area contributed by atoms with Gasteiger partial charge >= 0.3 is 5.63 Å². The lowest BCUT2D eigenvalue weighted by Crippen LogP contribution is -2.48. The standard InChI is InChI=1S/C17H20N2O4/c1-13(20)19-8-6-18(7-9-19)10-11-22-16-12-17(21)23-15-5-3-2-4-14(15)16/h2-5,12H,6-11H2,1H3. The van der Waals surface area contributed by atoms with Crippen LogP contribution in [0, 0.1) is 0 Å². The van der Waals surface area contributed by atoms with Crippen LogP contribution in [0.5, 0.6) is 5.75 Å². The van der Waals surface area contributed by atoms with E-state index in [1.165, 1.54) is 6.07 Å². The third-order valence-electron chi connectivity index (χ3n) is 4.09. The average Bonchev–Trinajstić information content (AvgIpc) is 2.55. The smallest absolute Gasteiger partial charge is 0.339 e. The lowest BCUT2D eigenvalue weighted by molar-refractivity contribution is -0.130. The molecule has 0 bridgehead atoms. The minimum absolute atomic E-state index is 0.128. The van der Waals surface area contributed by atoms with Crippen molar-refractivity contribution >= 4 is 16.9 Å². The average molecular weight is 316 g/mol. The second kappa shape index (κ2) is 6.83. The number of para-hydroxylation sites is 1. The fourth-order valence-corrected chi connectivity index (χ4v) is 2.77. The van der Waals surface area contributed by atoms with E-state index >= 15 is 0 Å². The first-order valence-corrected chi connectivity index (χ1v) is 7.77. The van der Waals surface area contributed by atoms with Crippen LogP contribution in [0.25, 0.3) is 11.0 Å². The Morgan fingerprint density at radius 2 is 1.96 bits per heavy atom. The van der Waals surface area contributed by atoms with Crippen molar-refractivity contribution in [1.82, 2.24) is 9.80 Å². The van der Waals surface area contributed by atoms with E-state index < -0.39 is 5.63 Å². The SMILES string of the molecule is CC(=O)N1CCN(CCOc2cc(=O)oc3ccccc23)CC1. The summed E-state index contributed by atoms with van der Waals surface area (Å²) in [7, 11) is 0.